The topological polar surface area (TPSA) is 17.8 Å². The molecule has 1 rings (SSSR count). The highest BCUT2D eigenvalue weighted by Gasteiger charge is 2.03. The smallest absolute Gasteiger partial charge is 0.0524 e. The van der Waals surface area contributed by atoms with Gasteiger partial charge in [-0.25, -0.2) is 0 Å². The van der Waals surface area contributed by atoms with Crippen LogP contribution in [0.4, 0.5) is 0 Å². The minimum atomic E-state index is 0.475. The van der Waals surface area contributed by atoms with Crippen molar-refractivity contribution in [2.45, 2.75) is 53.5 Å². The molecule has 0 amide bonds. The van der Waals surface area contributed by atoms with Crippen LogP contribution in [0.2, 0.25) is 0 Å². The largest absolute Gasteiger partial charge is 0.270 e. The van der Waals surface area contributed by atoms with E-state index in [1.807, 2.05) is 24.7 Å². The van der Waals surface area contributed by atoms with Crippen molar-refractivity contribution in [3.8, 4) is 0 Å². The van der Waals surface area contributed by atoms with Gasteiger partial charge in [0.15, 0.2) is 0 Å². The van der Waals surface area contributed by atoms with Gasteiger partial charge in [-0.05, 0) is 25.3 Å². The van der Waals surface area contributed by atoms with E-state index in [9.17, 15) is 0 Å². The van der Waals surface area contributed by atoms with E-state index in [2.05, 4.69) is 39.0 Å². The summed E-state index contributed by atoms with van der Waals surface area (Å²) in [6.07, 6.45) is 4.07. The monoisotopic (exact) mass is 182 g/mol. The Morgan fingerprint density at radius 1 is 1.15 bits per heavy atom. The molecule has 0 aliphatic rings. The summed E-state index contributed by atoms with van der Waals surface area (Å²) in [6, 6.07) is 0.475. The first-order valence-electron chi connectivity index (χ1n) is 5.15. The molecule has 1 aromatic rings. The first kappa shape index (κ1) is 12.2. The Balaban J connectivity index is 0.000000671. The van der Waals surface area contributed by atoms with Crippen LogP contribution < -0.4 is 0 Å². The summed E-state index contributed by atoms with van der Waals surface area (Å²) in [4.78, 5) is 0. The lowest BCUT2D eigenvalue weighted by Gasteiger charge is -2.03. The number of nitrogens with zero attached hydrogens (tertiary/aromatic N) is 2. The first-order valence-corrected chi connectivity index (χ1v) is 5.15. The summed E-state index contributed by atoms with van der Waals surface area (Å²) >= 11 is 0. The van der Waals surface area contributed by atoms with E-state index in [1.165, 1.54) is 5.56 Å². The molecule has 1 heterocycles. The van der Waals surface area contributed by atoms with E-state index in [-0.39, 0.29) is 0 Å². The maximum Gasteiger partial charge on any atom is 0.0524 e. The van der Waals surface area contributed by atoms with Crippen LogP contribution in [-0.2, 0) is 0 Å². The molecule has 0 spiro atoms. The van der Waals surface area contributed by atoms with E-state index in [4.69, 9.17) is 0 Å². The third-order valence-corrected chi connectivity index (χ3v) is 1.82. The summed E-state index contributed by atoms with van der Waals surface area (Å²) in [5, 5.41) is 4.25. The van der Waals surface area contributed by atoms with Crippen molar-refractivity contribution in [2.75, 3.05) is 0 Å². The van der Waals surface area contributed by atoms with Crippen molar-refractivity contribution >= 4 is 0 Å². The van der Waals surface area contributed by atoms with Gasteiger partial charge in [-0.3, -0.25) is 4.68 Å². The van der Waals surface area contributed by atoms with Crippen molar-refractivity contribution in [2.24, 2.45) is 0 Å². The Bertz CT molecular complexity index is 201. The molecule has 0 atom stereocenters. The Labute approximate surface area is 82.0 Å². The van der Waals surface area contributed by atoms with Gasteiger partial charge < -0.3 is 0 Å². The van der Waals surface area contributed by atoms with Crippen LogP contribution in [0.1, 0.15) is 59.1 Å². The fraction of sp³-hybridized carbons (Fsp3) is 0.727. The molecule has 0 aliphatic heterocycles. The van der Waals surface area contributed by atoms with Crippen molar-refractivity contribution in [3.05, 3.63) is 18.0 Å². The number of rotatable bonds is 2. The van der Waals surface area contributed by atoms with Crippen LogP contribution in [-0.4, -0.2) is 9.78 Å². The van der Waals surface area contributed by atoms with Gasteiger partial charge in [-0.2, -0.15) is 5.10 Å². The fourth-order valence-electron chi connectivity index (χ4n) is 0.933. The van der Waals surface area contributed by atoms with Gasteiger partial charge in [0.2, 0.25) is 0 Å². The lowest BCUT2D eigenvalue weighted by molar-refractivity contribution is 0.531. The van der Waals surface area contributed by atoms with Crippen LogP contribution in [0.5, 0.6) is 0 Å². The standard InChI is InChI=1S/C9H16N2.C2H6/c1-7(2)9-5-10-11(6-9)8(3)4;1-2/h5-8H,1-4H3;1-2H3. The van der Waals surface area contributed by atoms with Gasteiger partial charge in [-0.1, -0.05) is 27.7 Å². The van der Waals surface area contributed by atoms with Crippen molar-refractivity contribution in [1.82, 2.24) is 9.78 Å². The van der Waals surface area contributed by atoms with E-state index < -0.39 is 0 Å². The summed E-state index contributed by atoms with van der Waals surface area (Å²) in [6.45, 7) is 12.6. The fourth-order valence-corrected chi connectivity index (χ4v) is 0.933. The number of hydrogen-bond acceptors (Lipinski definition) is 1. The average Bonchev–Trinajstić information content (AvgIpc) is 2.56. The summed E-state index contributed by atoms with van der Waals surface area (Å²) < 4.78 is 2.00. The van der Waals surface area contributed by atoms with Crippen LogP contribution in [0.25, 0.3) is 0 Å². The lowest BCUT2D eigenvalue weighted by atomic mass is 10.1. The highest BCUT2D eigenvalue weighted by Crippen LogP contribution is 2.14. The Morgan fingerprint density at radius 3 is 1.92 bits per heavy atom. The Morgan fingerprint density at radius 2 is 1.69 bits per heavy atom. The minimum absolute atomic E-state index is 0.475. The second kappa shape index (κ2) is 5.79. The molecule has 13 heavy (non-hydrogen) atoms. The van der Waals surface area contributed by atoms with Crippen LogP contribution in [0, 0.1) is 0 Å². The molecule has 2 heteroatoms. The SMILES string of the molecule is CC.CC(C)c1cnn(C(C)C)c1. The molecular formula is C11H22N2. The predicted octanol–water partition coefficient (Wildman–Crippen LogP) is 3.61. The summed E-state index contributed by atoms with van der Waals surface area (Å²) in [5.41, 5.74) is 1.32. The third kappa shape index (κ3) is 3.62. The molecule has 0 fully saturated rings. The van der Waals surface area contributed by atoms with Crippen molar-refractivity contribution < 1.29 is 0 Å². The summed E-state index contributed by atoms with van der Waals surface area (Å²) in [7, 11) is 0. The molecule has 76 valence electrons. The molecule has 0 unspecified atom stereocenters. The van der Waals surface area contributed by atoms with Gasteiger partial charge in [-0.15, -0.1) is 0 Å². The van der Waals surface area contributed by atoms with Gasteiger partial charge in [0.1, 0.15) is 0 Å². The Hall–Kier alpha value is -0.790. The van der Waals surface area contributed by atoms with Crippen LogP contribution in [0.15, 0.2) is 12.4 Å². The molecule has 0 aromatic carbocycles. The van der Waals surface area contributed by atoms with Gasteiger partial charge in [0.25, 0.3) is 0 Å². The maximum atomic E-state index is 4.25. The van der Waals surface area contributed by atoms with Gasteiger partial charge in [0.05, 0.1) is 6.20 Å². The molecule has 2 nitrogen and oxygen atoms in total. The van der Waals surface area contributed by atoms with E-state index in [0.29, 0.717) is 12.0 Å². The molecule has 0 saturated carbocycles. The van der Waals surface area contributed by atoms with E-state index in [0.717, 1.165) is 0 Å². The minimum Gasteiger partial charge on any atom is -0.270 e. The van der Waals surface area contributed by atoms with Gasteiger partial charge >= 0.3 is 0 Å². The van der Waals surface area contributed by atoms with Crippen molar-refractivity contribution in [3.63, 3.8) is 0 Å². The molecule has 0 aliphatic carbocycles. The number of hydrogen-bond donors (Lipinski definition) is 0. The zero-order valence-electron chi connectivity index (χ0n) is 9.70. The zero-order valence-corrected chi connectivity index (χ0v) is 9.70. The number of aromatic nitrogens is 2. The quantitative estimate of drug-likeness (QED) is 0.683. The maximum absolute atomic E-state index is 4.25. The van der Waals surface area contributed by atoms with Crippen LogP contribution >= 0.6 is 0 Å². The first-order chi connectivity index (χ1) is 6.11. The Kier molecular flexibility index (Phi) is 5.44. The lowest BCUT2D eigenvalue weighted by Crippen LogP contribution is -1.99. The predicted molar refractivity (Wildman–Crippen MR) is 58.0 cm³/mol. The third-order valence-electron chi connectivity index (χ3n) is 1.82. The molecular weight excluding hydrogens is 160 g/mol. The van der Waals surface area contributed by atoms with Crippen LogP contribution in [0.3, 0.4) is 0 Å². The molecule has 0 radical (unpaired) electrons. The molecule has 0 saturated heterocycles. The normalized spacial score (nSPS) is 10.2. The van der Waals surface area contributed by atoms with Crippen molar-refractivity contribution in [1.29, 1.82) is 0 Å². The zero-order chi connectivity index (χ0) is 10.4. The second-order valence-corrected chi connectivity index (χ2v) is 3.50. The second-order valence-electron chi connectivity index (χ2n) is 3.50. The van der Waals surface area contributed by atoms with Gasteiger partial charge in [0, 0.05) is 12.2 Å². The average molecular weight is 182 g/mol. The van der Waals surface area contributed by atoms with E-state index in [1.54, 1.807) is 0 Å². The molecule has 1 aromatic heterocycles. The van der Waals surface area contributed by atoms with E-state index >= 15 is 0 Å². The summed E-state index contributed by atoms with van der Waals surface area (Å²) in [5.74, 6) is 0.586. The highest BCUT2D eigenvalue weighted by atomic mass is 15.3. The molecule has 0 bridgehead atoms. The highest BCUT2D eigenvalue weighted by molar-refractivity contribution is 5.08. The molecule has 0 N–H and O–H groups in total.